The number of hydrogen-bond donors (Lipinski definition) is 0. The molecule has 0 aliphatic heterocycles. The van der Waals surface area contributed by atoms with Crippen LogP contribution in [0.1, 0.15) is 50.1 Å². The van der Waals surface area contributed by atoms with Gasteiger partial charge in [-0.3, -0.25) is 0 Å². The Morgan fingerprint density at radius 1 is 1.35 bits per heavy atom. The van der Waals surface area contributed by atoms with Gasteiger partial charge >= 0.3 is 0 Å². The Balaban J connectivity index is 1.89. The van der Waals surface area contributed by atoms with E-state index in [1.165, 1.54) is 32.1 Å². The molecule has 0 N–H and O–H groups in total. The van der Waals surface area contributed by atoms with Crippen LogP contribution in [0.25, 0.3) is 11.6 Å². The van der Waals surface area contributed by atoms with Gasteiger partial charge in [0.1, 0.15) is 5.76 Å². The summed E-state index contributed by atoms with van der Waals surface area (Å²) in [5.41, 5.74) is 0.684. The maximum atomic E-state index is 5.28. The van der Waals surface area contributed by atoms with Crippen molar-refractivity contribution in [2.45, 2.75) is 44.9 Å². The monoisotopic (exact) mass is 233 g/mol. The van der Waals surface area contributed by atoms with Gasteiger partial charge in [0, 0.05) is 12.3 Å². The lowest BCUT2D eigenvalue weighted by Crippen LogP contribution is -1.94. The van der Waals surface area contributed by atoms with Crippen molar-refractivity contribution in [3.05, 3.63) is 18.0 Å². The molecule has 0 radical (unpaired) electrons. The largest absolute Gasteiger partial charge is 0.448 e. The lowest BCUT2D eigenvalue weighted by atomic mass is 10.1. The van der Waals surface area contributed by atoms with Gasteiger partial charge in [-0.15, -0.1) is 0 Å². The summed E-state index contributed by atoms with van der Waals surface area (Å²) in [5.74, 6) is 2.57. The van der Waals surface area contributed by atoms with Gasteiger partial charge in [-0.05, 0) is 12.8 Å². The Bertz CT molecular complexity index is 497. The van der Waals surface area contributed by atoms with Crippen LogP contribution in [0.3, 0.4) is 0 Å². The van der Waals surface area contributed by atoms with Crippen LogP contribution in [-0.4, -0.2) is 15.1 Å². The smallest absolute Gasteiger partial charge is 0.280 e. The van der Waals surface area contributed by atoms with Gasteiger partial charge in [-0.2, -0.15) is 4.98 Å². The molecule has 0 aromatic carbocycles. The minimum absolute atomic E-state index is 0.462. The van der Waals surface area contributed by atoms with Gasteiger partial charge in [0.05, 0.1) is 0 Å². The Labute approximate surface area is 99.2 Å². The summed E-state index contributed by atoms with van der Waals surface area (Å²) >= 11 is 0. The maximum Gasteiger partial charge on any atom is 0.280 e. The minimum Gasteiger partial charge on any atom is -0.448 e. The molecule has 1 aliphatic rings. The zero-order valence-corrected chi connectivity index (χ0v) is 9.85. The zero-order chi connectivity index (χ0) is 11.7. The van der Waals surface area contributed by atoms with Crippen molar-refractivity contribution in [2.24, 2.45) is 0 Å². The van der Waals surface area contributed by atoms with Gasteiger partial charge in [-0.25, -0.2) is 4.98 Å². The quantitative estimate of drug-likeness (QED) is 0.815. The molecule has 0 spiro atoms. The van der Waals surface area contributed by atoms with E-state index in [2.05, 4.69) is 15.1 Å². The van der Waals surface area contributed by atoms with Crippen LogP contribution in [0.5, 0.6) is 0 Å². The molecule has 2 aromatic rings. The van der Waals surface area contributed by atoms with E-state index in [-0.39, 0.29) is 0 Å². The molecule has 0 bridgehead atoms. The minimum atomic E-state index is 0.462. The first-order chi connectivity index (χ1) is 8.38. The van der Waals surface area contributed by atoms with Gasteiger partial charge in [0.15, 0.2) is 17.9 Å². The van der Waals surface area contributed by atoms with Crippen LogP contribution in [0.2, 0.25) is 0 Å². The molecule has 0 saturated heterocycles. The predicted molar refractivity (Wildman–Crippen MR) is 60.4 cm³/mol. The van der Waals surface area contributed by atoms with Crippen LogP contribution >= 0.6 is 0 Å². The second-order valence-electron chi connectivity index (χ2n) is 4.42. The van der Waals surface area contributed by atoms with Crippen molar-refractivity contribution in [1.29, 1.82) is 0 Å². The maximum absolute atomic E-state index is 5.28. The van der Waals surface area contributed by atoms with Gasteiger partial charge < -0.3 is 8.94 Å². The number of oxazole rings is 1. The molecule has 0 amide bonds. The van der Waals surface area contributed by atoms with Gasteiger partial charge in [0.25, 0.3) is 5.89 Å². The molecule has 1 aliphatic carbocycles. The van der Waals surface area contributed by atoms with Crippen molar-refractivity contribution < 1.29 is 8.94 Å². The first-order valence-corrected chi connectivity index (χ1v) is 6.14. The summed E-state index contributed by atoms with van der Waals surface area (Å²) in [6.07, 6.45) is 7.05. The average molecular weight is 233 g/mol. The summed E-state index contributed by atoms with van der Waals surface area (Å²) in [6.45, 7) is 2.01. The Kier molecular flexibility index (Phi) is 2.66. The summed E-state index contributed by atoms with van der Waals surface area (Å²) < 4.78 is 10.5. The van der Waals surface area contributed by atoms with E-state index in [9.17, 15) is 0 Å². The highest BCUT2D eigenvalue weighted by molar-refractivity contribution is 5.48. The zero-order valence-electron chi connectivity index (χ0n) is 9.85. The third-order valence-electron chi connectivity index (χ3n) is 3.33. The lowest BCUT2D eigenvalue weighted by molar-refractivity contribution is 0.413. The molecule has 0 atom stereocenters. The molecule has 5 nitrogen and oxygen atoms in total. The number of hydrogen-bond acceptors (Lipinski definition) is 5. The van der Waals surface area contributed by atoms with Crippen molar-refractivity contribution in [1.82, 2.24) is 15.1 Å². The van der Waals surface area contributed by atoms with Crippen LogP contribution < -0.4 is 0 Å². The molecule has 1 saturated carbocycles. The average Bonchev–Trinajstić information content (AvgIpc) is 3.09. The fraction of sp³-hybridized carbons (Fsp3) is 0.583. The van der Waals surface area contributed by atoms with E-state index in [1.54, 1.807) is 0 Å². The number of aromatic nitrogens is 3. The van der Waals surface area contributed by atoms with E-state index in [4.69, 9.17) is 8.94 Å². The molecule has 3 rings (SSSR count). The lowest BCUT2D eigenvalue weighted by Gasteiger charge is -1.99. The number of rotatable bonds is 3. The van der Waals surface area contributed by atoms with E-state index >= 15 is 0 Å². The first-order valence-electron chi connectivity index (χ1n) is 6.14. The van der Waals surface area contributed by atoms with Gasteiger partial charge in [-0.1, -0.05) is 24.9 Å². The predicted octanol–water partition coefficient (Wildman–Crippen LogP) is 2.94. The van der Waals surface area contributed by atoms with Crippen molar-refractivity contribution in [2.75, 3.05) is 0 Å². The first kappa shape index (κ1) is 10.5. The molecular weight excluding hydrogens is 218 g/mol. The summed E-state index contributed by atoms with van der Waals surface area (Å²) in [5, 5.41) is 4.06. The second-order valence-corrected chi connectivity index (χ2v) is 4.42. The van der Waals surface area contributed by atoms with Crippen LogP contribution in [0.15, 0.2) is 15.3 Å². The van der Waals surface area contributed by atoms with E-state index in [0.717, 1.165) is 18.0 Å². The Morgan fingerprint density at radius 2 is 2.18 bits per heavy atom. The highest BCUT2D eigenvalue weighted by atomic mass is 16.5. The SMILES string of the molecule is CCc1ocnc1-c1nc(C2CCCC2)no1. The van der Waals surface area contributed by atoms with Crippen molar-refractivity contribution >= 4 is 0 Å². The fourth-order valence-electron chi connectivity index (χ4n) is 2.38. The third-order valence-corrected chi connectivity index (χ3v) is 3.33. The fourth-order valence-corrected chi connectivity index (χ4v) is 2.38. The topological polar surface area (TPSA) is 65.0 Å². The Morgan fingerprint density at radius 3 is 2.94 bits per heavy atom. The molecule has 90 valence electrons. The summed E-state index contributed by atoms with van der Waals surface area (Å²) in [7, 11) is 0. The van der Waals surface area contributed by atoms with E-state index in [1.807, 2.05) is 6.92 Å². The molecular formula is C12H15N3O2. The number of nitrogens with zero attached hydrogens (tertiary/aromatic N) is 3. The molecule has 2 heterocycles. The number of aryl methyl sites for hydroxylation is 1. The third kappa shape index (κ3) is 1.85. The molecule has 1 fully saturated rings. The standard InChI is InChI=1S/C12H15N3O2/c1-2-9-10(13-7-16-9)12-14-11(15-17-12)8-5-3-4-6-8/h7-8H,2-6H2,1H3. The van der Waals surface area contributed by atoms with Crippen LogP contribution in [0.4, 0.5) is 0 Å². The van der Waals surface area contributed by atoms with Gasteiger partial charge in [0.2, 0.25) is 0 Å². The van der Waals surface area contributed by atoms with Crippen molar-refractivity contribution in [3.63, 3.8) is 0 Å². The van der Waals surface area contributed by atoms with E-state index in [0.29, 0.717) is 17.5 Å². The highest BCUT2D eigenvalue weighted by Crippen LogP contribution is 2.33. The molecule has 17 heavy (non-hydrogen) atoms. The molecule has 5 heteroatoms. The van der Waals surface area contributed by atoms with Crippen LogP contribution in [-0.2, 0) is 6.42 Å². The summed E-state index contributed by atoms with van der Waals surface area (Å²) in [4.78, 5) is 8.58. The van der Waals surface area contributed by atoms with Crippen molar-refractivity contribution in [3.8, 4) is 11.6 Å². The van der Waals surface area contributed by atoms with Crippen LogP contribution in [0, 0.1) is 0 Å². The highest BCUT2D eigenvalue weighted by Gasteiger charge is 2.24. The normalized spacial score (nSPS) is 16.8. The Hall–Kier alpha value is -1.65. The second kappa shape index (κ2) is 4.31. The molecule has 2 aromatic heterocycles. The summed E-state index contributed by atoms with van der Waals surface area (Å²) in [6, 6.07) is 0. The molecule has 0 unspecified atom stereocenters. The van der Waals surface area contributed by atoms with E-state index < -0.39 is 0 Å².